The normalized spacial score (nSPS) is 10.5. The molecule has 3 rings (SSSR count). The van der Waals surface area contributed by atoms with Crippen molar-refractivity contribution in [3.63, 3.8) is 0 Å². The van der Waals surface area contributed by atoms with E-state index in [0.717, 1.165) is 0 Å². The fourth-order valence-electron chi connectivity index (χ4n) is 2.27. The van der Waals surface area contributed by atoms with Gasteiger partial charge in [-0.05, 0) is 29.1 Å². The van der Waals surface area contributed by atoms with Crippen molar-refractivity contribution in [2.24, 2.45) is 0 Å². The number of ether oxygens (including phenoxy) is 1. The van der Waals surface area contributed by atoms with Gasteiger partial charge in [0.15, 0.2) is 0 Å². The summed E-state index contributed by atoms with van der Waals surface area (Å²) >= 11 is 0. The minimum Gasteiger partial charge on any atom is -0.574 e. The molecule has 0 N–H and O–H groups in total. The number of halogens is 1. The van der Waals surface area contributed by atoms with E-state index in [-0.39, 0.29) is 59.4 Å². The molecule has 0 saturated carbocycles. The number of hydrogen-bond acceptors (Lipinski definition) is 4. The maximum Gasteiger partial charge on any atom is 0.270 e. The molecule has 1 aromatic heterocycles. The zero-order chi connectivity index (χ0) is 15.7. The van der Waals surface area contributed by atoms with Crippen LogP contribution in [0.5, 0.6) is 0 Å². The van der Waals surface area contributed by atoms with Crippen LogP contribution < -0.4 is 5.10 Å². The second kappa shape index (κ2) is 7.42. The first-order valence-corrected chi connectivity index (χ1v) is 6.45. The first-order chi connectivity index (χ1) is 10.6. The summed E-state index contributed by atoms with van der Waals surface area (Å²) in [5.41, 5.74) is 2.02. The van der Waals surface area contributed by atoms with Crippen molar-refractivity contribution in [2.45, 2.75) is 6.61 Å². The standard InChI is InChI=1S/C15H11FN3O3.Pr/c1-22-8-10-6-9(2-4-13(10)16)15-12-7-11(19(20)21)3-5-14(12)17-18-15;/h2-7H,8H2,1H3;/q-1;. The first kappa shape index (κ1) is 17.9. The van der Waals surface area contributed by atoms with E-state index in [1.54, 1.807) is 18.2 Å². The van der Waals surface area contributed by atoms with E-state index in [9.17, 15) is 14.5 Å². The molecule has 3 aromatic rings. The Morgan fingerprint density at radius 2 is 2.09 bits per heavy atom. The number of aromatic nitrogens is 2. The molecule has 0 atom stereocenters. The molecule has 1 heterocycles. The summed E-state index contributed by atoms with van der Waals surface area (Å²) < 4.78 is 18.6. The monoisotopic (exact) mass is 441 g/mol. The van der Waals surface area contributed by atoms with E-state index in [1.807, 2.05) is 0 Å². The summed E-state index contributed by atoms with van der Waals surface area (Å²) in [5, 5.41) is 19.5. The molecule has 1 radical (unpaired) electrons. The molecule has 115 valence electrons. The van der Waals surface area contributed by atoms with Crippen molar-refractivity contribution >= 4 is 16.6 Å². The Morgan fingerprint density at radius 1 is 1.30 bits per heavy atom. The summed E-state index contributed by atoms with van der Waals surface area (Å²) in [6, 6.07) is 8.84. The number of nitrogens with zero attached hydrogens (tertiary/aromatic N) is 3. The van der Waals surface area contributed by atoms with Gasteiger partial charge in [0.1, 0.15) is 5.82 Å². The molecule has 2 aromatic carbocycles. The van der Waals surface area contributed by atoms with Crippen LogP contribution in [0.15, 0.2) is 36.4 Å². The van der Waals surface area contributed by atoms with Crippen LogP contribution in [0, 0.1) is 57.2 Å². The Hall–Kier alpha value is -1.44. The third kappa shape index (κ3) is 3.57. The Morgan fingerprint density at radius 3 is 2.78 bits per heavy atom. The molecule has 0 fully saturated rings. The predicted octanol–water partition coefficient (Wildman–Crippen LogP) is 3.05. The molecule has 0 spiro atoms. The molecule has 8 heteroatoms. The second-order valence-electron chi connectivity index (χ2n) is 4.75. The van der Waals surface area contributed by atoms with Gasteiger partial charge in [-0.1, -0.05) is 6.07 Å². The predicted molar refractivity (Wildman–Crippen MR) is 77.8 cm³/mol. The van der Waals surface area contributed by atoms with Gasteiger partial charge in [0.25, 0.3) is 5.69 Å². The summed E-state index contributed by atoms with van der Waals surface area (Å²) in [5.74, 6) is -0.375. The minimum atomic E-state index is -0.475. The van der Waals surface area contributed by atoms with Gasteiger partial charge in [-0.25, -0.2) is 4.39 Å². The summed E-state index contributed by atoms with van der Waals surface area (Å²) in [7, 11) is 1.48. The summed E-state index contributed by atoms with van der Waals surface area (Å²) in [6.45, 7) is 0.131. The van der Waals surface area contributed by atoms with Crippen molar-refractivity contribution < 1.29 is 55.3 Å². The Labute approximate surface area is 164 Å². The van der Waals surface area contributed by atoms with Crippen LogP contribution in [0.4, 0.5) is 10.1 Å². The topological polar surface area (TPSA) is 79.4 Å². The van der Waals surface area contributed by atoms with Crippen LogP contribution in [-0.4, -0.2) is 17.1 Å². The van der Waals surface area contributed by atoms with Gasteiger partial charge in [-0.3, -0.25) is 10.1 Å². The maximum atomic E-state index is 13.7. The molecule has 0 bridgehead atoms. The zero-order valence-corrected chi connectivity index (χ0v) is 15.9. The Kier molecular flexibility index (Phi) is 5.78. The van der Waals surface area contributed by atoms with E-state index in [0.29, 0.717) is 27.7 Å². The molecule has 0 aliphatic carbocycles. The quantitative estimate of drug-likeness (QED) is 0.460. The van der Waals surface area contributed by atoms with Gasteiger partial charge in [-0.15, -0.1) is 5.52 Å². The van der Waals surface area contributed by atoms with Gasteiger partial charge in [0.2, 0.25) is 0 Å². The minimum absolute atomic E-state index is 0. The fourth-order valence-corrected chi connectivity index (χ4v) is 2.27. The number of nitro groups is 1. The second-order valence-corrected chi connectivity index (χ2v) is 4.75. The largest absolute Gasteiger partial charge is 0.574 e. The Bertz CT molecular complexity index is 866. The molecule has 23 heavy (non-hydrogen) atoms. The molecule has 6 nitrogen and oxygen atoms in total. The number of hydrogen-bond donors (Lipinski definition) is 0. The number of methoxy groups -OCH3 is 1. The fraction of sp³-hybridized carbons (Fsp3) is 0.133. The molecular weight excluding hydrogens is 430 g/mol. The van der Waals surface area contributed by atoms with Crippen LogP contribution in [0.25, 0.3) is 22.2 Å². The van der Waals surface area contributed by atoms with E-state index in [2.05, 4.69) is 10.2 Å². The molecule has 0 aliphatic heterocycles. The van der Waals surface area contributed by atoms with Gasteiger partial charge in [-0.2, -0.15) is 0 Å². The van der Waals surface area contributed by atoms with Crippen molar-refractivity contribution in [1.82, 2.24) is 10.2 Å². The number of non-ortho nitro benzene ring substituents is 1. The average Bonchev–Trinajstić information content (AvgIpc) is 2.92. The van der Waals surface area contributed by atoms with Gasteiger partial charge < -0.3 is 14.9 Å². The zero-order valence-electron chi connectivity index (χ0n) is 12.2. The van der Waals surface area contributed by atoms with Crippen molar-refractivity contribution in [2.75, 3.05) is 7.11 Å². The number of rotatable bonds is 4. The van der Waals surface area contributed by atoms with Crippen molar-refractivity contribution in [3.05, 3.63) is 57.9 Å². The van der Waals surface area contributed by atoms with E-state index < -0.39 is 4.92 Å². The Balaban J connectivity index is 0.00000192. The number of benzene rings is 2. The third-order valence-corrected chi connectivity index (χ3v) is 3.32. The smallest absolute Gasteiger partial charge is 0.270 e. The molecule has 0 amide bonds. The van der Waals surface area contributed by atoms with Gasteiger partial charge in [0, 0.05) is 66.1 Å². The van der Waals surface area contributed by atoms with Crippen molar-refractivity contribution in [3.8, 4) is 11.3 Å². The number of fused-ring (bicyclic) bond motifs is 1. The van der Waals surface area contributed by atoms with Gasteiger partial charge >= 0.3 is 0 Å². The third-order valence-electron chi connectivity index (χ3n) is 3.32. The maximum absolute atomic E-state index is 13.7. The molecular formula is C15H11FN3O3Pr-. The van der Waals surface area contributed by atoms with Gasteiger partial charge in [0.05, 0.1) is 17.2 Å². The SMILES string of the molecule is COCc1cc(-c2n[n-]c3ccc([N+](=O)[O-])cc23)ccc1F.[Pr]. The van der Waals surface area contributed by atoms with Crippen molar-refractivity contribution in [1.29, 1.82) is 0 Å². The summed E-state index contributed by atoms with van der Waals surface area (Å²) in [4.78, 5) is 10.4. The molecule has 0 aliphatic rings. The average molecular weight is 441 g/mol. The van der Waals surface area contributed by atoms with E-state index in [4.69, 9.17) is 4.74 Å². The van der Waals surface area contributed by atoms with Crippen LogP contribution in [0.2, 0.25) is 0 Å². The van der Waals surface area contributed by atoms with Crippen LogP contribution in [0.1, 0.15) is 5.56 Å². The number of nitro benzene ring substituents is 1. The van der Waals surface area contributed by atoms with Crippen LogP contribution in [-0.2, 0) is 11.3 Å². The first-order valence-electron chi connectivity index (χ1n) is 6.45. The van der Waals surface area contributed by atoms with E-state index in [1.165, 1.54) is 25.3 Å². The van der Waals surface area contributed by atoms with Crippen LogP contribution >= 0.6 is 0 Å². The molecule has 0 unspecified atom stereocenters. The van der Waals surface area contributed by atoms with E-state index >= 15 is 0 Å². The molecule has 0 saturated heterocycles. The van der Waals surface area contributed by atoms with Crippen LogP contribution in [0.3, 0.4) is 0 Å². The summed E-state index contributed by atoms with van der Waals surface area (Å²) in [6.07, 6.45) is 0.